The smallest absolute Gasteiger partial charge is 0.0666 e. The van der Waals surface area contributed by atoms with Crippen LogP contribution in [0.25, 0.3) is 0 Å². The lowest BCUT2D eigenvalue weighted by molar-refractivity contribution is 0.129. The minimum atomic E-state index is 0.545. The van der Waals surface area contributed by atoms with E-state index in [1.807, 2.05) is 0 Å². The summed E-state index contributed by atoms with van der Waals surface area (Å²) in [6.07, 6.45) is 10.3. The average molecular weight is 271 g/mol. The van der Waals surface area contributed by atoms with E-state index in [-0.39, 0.29) is 0 Å². The van der Waals surface area contributed by atoms with E-state index in [1.54, 1.807) is 0 Å². The lowest BCUT2D eigenvalue weighted by Gasteiger charge is -2.31. The van der Waals surface area contributed by atoms with E-state index in [9.17, 15) is 0 Å². The Bertz CT molecular complexity index is 213. The molecule has 1 aliphatic carbocycles. The van der Waals surface area contributed by atoms with E-state index < -0.39 is 0 Å². The largest absolute Gasteiger partial charge is 0.377 e. The van der Waals surface area contributed by atoms with Crippen LogP contribution in [0.2, 0.25) is 0 Å². The maximum Gasteiger partial charge on any atom is 0.0666 e. The summed E-state index contributed by atoms with van der Waals surface area (Å²) in [5.41, 5.74) is 0. The van der Waals surface area contributed by atoms with E-state index in [4.69, 9.17) is 4.74 Å². The second kappa shape index (κ2) is 8.44. The number of hydrogen-bond acceptors (Lipinski definition) is 3. The number of ether oxygens (including phenoxy) is 1. The molecule has 18 heavy (non-hydrogen) atoms. The molecule has 1 saturated carbocycles. The minimum Gasteiger partial charge on any atom is -0.377 e. The fourth-order valence-electron chi connectivity index (χ4n) is 3.26. The zero-order valence-corrected chi connectivity index (χ0v) is 12.6. The first-order valence-electron chi connectivity index (χ1n) is 7.83. The second-order valence-corrected chi connectivity index (χ2v) is 6.81. The SMILES string of the molecule is CCNC(CSCC1CCCO1)C1CCCCC1. The molecule has 0 radical (unpaired) electrons. The number of hydrogen-bond donors (Lipinski definition) is 1. The third kappa shape index (κ3) is 4.75. The van der Waals surface area contributed by atoms with Crippen LogP contribution in [0, 0.1) is 5.92 Å². The van der Waals surface area contributed by atoms with Gasteiger partial charge in [0.25, 0.3) is 0 Å². The highest BCUT2D eigenvalue weighted by Crippen LogP contribution is 2.28. The van der Waals surface area contributed by atoms with E-state index in [1.165, 1.54) is 56.5 Å². The minimum absolute atomic E-state index is 0.545. The van der Waals surface area contributed by atoms with Crippen LogP contribution in [0.15, 0.2) is 0 Å². The van der Waals surface area contributed by atoms with Crippen molar-refractivity contribution in [1.82, 2.24) is 5.32 Å². The Hall–Kier alpha value is 0.270. The van der Waals surface area contributed by atoms with Gasteiger partial charge in [-0.1, -0.05) is 26.2 Å². The van der Waals surface area contributed by atoms with Crippen molar-refractivity contribution in [3.05, 3.63) is 0 Å². The fourth-order valence-corrected chi connectivity index (χ4v) is 4.57. The highest BCUT2D eigenvalue weighted by atomic mass is 32.2. The average Bonchev–Trinajstić information content (AvgIpc) is 2.92. The van der Waals surface area contributed by atoms with E-state index in [2.05, 4.69) is 24.0 Å². The Balaban J connectivity index is 1.67. The highest BCUT2D eigenvalue weighted by molar-refractivity contribution is 7.99. The molecule has 0 aromatic rings. The van der Waals surface area contributed by atoms with Crippen molar-refractivity contribution in [2.75, 3.05) is 24.7 Å². The third-order valence-corrected chi connectivity index (χ3v) is 5.51. The van der Waals surface area contributed by atoms with Crippen LogP contribution < -0.4 is 5.32 Å². The zero-order valence-electron chi connectivity index (χ0n) is 11.8. The van der Waals surface area contributed by atoms with Crippen molar-refractivity contribution in [1.29, 1.82) is 0 Å². The van der Waals surface area contributed by atoms with Crippen LogP contribution in [-0.4, -0.2) is 36.8 Å². The van der Waals surface area contributed by atoms with Gasteiger partial charge in [-0.05, 0) is 38.1 Å². The van der Waals surface area contributed by atoms with Gasteiger partial charge in [-0.2, -0.15) is 11.8 Å². The van der Waals surface area contributed by atoms with Crippen LogP contribution in [0.4, 0.5) is 0 Å². The van der Waals surface area contributed by atoms with Gasteiger partial charge in [-0.15, -0.1) is 0 Å². The van der Waals surface area contributed by atoms with Gasteiger partial charge in [0.05, 0.1) is 6.10 Å². The van der Waals surface area contributed by atoms with Gasteiger partial charge in [0.1, 0.15) is 0 Å². The lowest BCUT2D eigenvalue weighted by atomic mass is 9.84. The molecule has 0 amide bonds. The molecular weight excluding hydrogens is 242 g/mol. The molecule has 2 unspecified atom stereocenters. The van der Waals surface area contributed by atoms with Crippen molar-refractivity contribution in [2.24, 2.45) is 5.92 Å². The summed E-state index contributed by atoms with van der Waals surface area (Å²) in [4.78, 5) is 0. The molecule has 106 valence electrons. The molecule has 3 heteroatoms. The number of rotatable bonds is 7. The van der Waals surface area contributed by atoms with Crippen molar-refractivity contribution >= 4 is 11.8 Å². The maximum atomic E-state index is 5.70. The van der Waals surface area contributed by atoms with Gasteiger partial charge < -0.3 is 10.1 Å². The predicted octanol–water partition coefficient (Wildman–Crippen LogP) is 3.46. The van der Waals surface area contributed by atoms with Gasteiger partial charge in [-0.25, -0.2) is 0 Å². The number of nitrogens with one attached hydrogen (secondary N) is 1. The topological polar surface area (TPSA) is 21.3 Å². The maximum absolute atomic E-state index is 5.70. The van der Waals surface area contributed by atoms with Crippen LogP contribution in [0.5, 0.6) is 0 Å². The molecule has 1 saturated heterocycles. The molecule has 2 nitrogen and oxygen atoms in total. The van der Waals surface area contributed by atoms with Crippen molar-refractivity contribution < 1.29 is 4.74 Å². The molecule has 2 fully saturated rings. The van der Waals surface area contributed by atoms with Crippen molar-refractivity contribution in [3.8, 4) is 0 Å². The molecule has 1 N–H and O–H groups in total. The Kier molecular flexibility index (Phi) is 6.88. The normalized spacial score (nSPS) is 27.5. The molecule has 0 bridgehead atoms. The number of thioether (sulfide) groups is 1. The standard InChI is InChI=1S/C15H29NOS/c1-2-16-15(13-7-4-3-5-8-13)12-18-11-14-9-6-10-17-14/h13-16H,2-12H2,1H3. The first-order chi connectivity index (χ1) is 8.90. The van der Waals surface area contributed by atoms with Gasteiger partial charge in [0.2, 0.25) is 0 Å². The molecule has 2 rings (SSSR count). The molecule has 0 aromatic heterocycles. The van der Waals surface area contributed by atoms with Crippen LogP contribution >= 0.6 is 11.8 Å². The van der Waals surface area contributed by atoms with Gasteiger partial charge in [0, 0.05) is 24.2 Å². The summed E-state index contributed by atoms with van der Waals surface area (Å²) < 4.78 is 5.70. The molecule has 0 aromatic carbocycles. The zero-order chi connectivity index (χ0) is 12.6. The van der Waals surface area contributed by atoms with Gasteiger partial charge in [0.15, 0.2) is 0 Å². The highest BCUT2D eigenvalue weighted by Gasteiger charge is 2.23. The molecule has 1 aliphatic heterocycles. The molecule has 1 heterocycles. The Morgan fingerprint density at radius 3 is 2.67 bits per heavy atom. The van der Waals surface area contributed by atoms with E-state index >= 15 is 0 Å². The van der Waals surface area contributed by atoms with Gasteiger partial charge in [-0.3, -0.25) is 0 Å². The molecule has 2 aliphatic rings. The van der Waals surface area contributed by atoms with Crippen molar-refractivity contribution in [3.63, 3.8) is 0 Å². The summed E-state index contributed by atoms with van der Waals surface area (Å²) in [5, 5.41) is 3.72. The van der Waals surface area contributed by atoms with Gasteiger partial charge >= 0.3 is 0 Å². The molecular formula is C15H29NOS. The summed E-state index contributed by atoms with van der Waals surface area (Å²) in [6, 6.07) is 0.738. The van der Waals surface area contributed by atoms with E-state index in [0.29, 0.717) is 6.10 Å². The second-order valence-electron chi connectivity index (χ2n) is 5.73. The van der Waals surface area contributed by atoms with Crippen LogP contribution in [-0.2, 0) is 4.74 Å². The molecule has 0 spiro atoms. The van der Waals surface area contributed by atoms with Crippen molar-refractivity contribution in [2.45, 2.75) is 64.0 Å². The third-order valence-electron chi connectivity index (χ3n) is 4.31. The Labute approximate surface area is 117 Å². The summed E-state index contributed by atoms with van der Waals surface area (Å²) in [7, 11) is 0. The van der Waals surface area contributed by atoms with Crippen LogP contribution in [0.3, 0.4) is 0 Å². The Morgan fingerprint density at radius 1 is 1.17 bits per heavy atom. The first kappa shape index (κ1) is 14.7. The quantitative estimate of drug-likeness (QED) is 0.766. The lowest BCUT2D eigenvalue weighted by Crippen LogP contribution is -2.39. The van der Waals surface area contributed by atoms with Crippen LogP contribution in [0.1, 0.15) is 51.9 Å². The summed E-state index contributed by atoms with van der Waals surface area (Å²) in [5.74, 6) is 3.41. The first-order valence-corrected chi connectivity index (χ1v) is 8.98. The predicted molar refractivity (Wildman–Crippen MR) is 80.3 cm³/mol. The molecule has 2 atom stereocenters. The summed E-state index contributed by atoms with van der Waals surface area (Å²) in [6.45, 7) is 4.34. The Morgan fingerprint density at radius 2 is 2.00 bits per heavy atom. The monoisotopic (exact) mass is 271 g/mol. The van der Waals surface area contributed by atoms with E-state index in [0.717, 1.165) is 25.1 Å². The fraction of sp³-hybridized carbons (Fsp3) is 1.00. The summed E-state index contributed by atoms with van der Waals surface area (Å²) >= 11 is 2.10.